The van der Waals surface area contributed by atoms with E-state index in [9.17, 15) is 9.59 Å². The van der Waals surface area contributed by atoms with E-state index >= 15 is 0 Å². The standard InChI is InChI=1S/C25H28N2O4S/c1-6-27-23(28)22(32-25(27)26-19-10-8-17(9-11-19)24(29)30)14-18-13-20(15(3)4)21(31-7-2)12-16(18)5/h8-15H,6-7H2,1-5H3,(H,29,30)/b22-14-,26-25?. The van der Waals surface area contributed by atoms with Crippen LogP contribution in [0.25, 0.3) is 6.08 Å². The number of likely N-dealkylation sites (N-methyl/N-ethyl adjacent to an activating group) is 1. The van der Waals surface area contributed by atoms with Gasteiger partial charge in [0.1, 0.15) is 5.75 Å². The SMILES string of the molecule is CCOc1cc(C)c(/C=C2\SC(=Nc3ccc(C(=O)O)cc3)N(CC)C2=O)cc1C(C)C. The number of ether oxygens (including phenoxy) is 1. The Hall–Kier alpha value is -3.06. The van der Waals surface area contributed by atoms with Crippen molar-refractivity contribution < 1.29 is 19.4 Å². The van der Waals surface area contributed by atoms with Gasteiger partial charge in [0, 0.05) is 6.54 Å². The first-order chi connectivity index (χ1) is 15.2. The molecular formula is C25H28N2O4S. The molecule has 32 heavy (non-hydrogen) atoms. The molecule has 0 atom stereocenters. The van der Waals surface area contributed by atoms with Crippen LogP contribution in [0.4, 0.5) is 5.69 Å². The van der Waals surface area contributed by atoms with Crippen molar-refractivity contribution in [1.29, 1.82) is 0 Å². The molecule has 0 aliphatic carbocycles. The zero-order valence-corrected chi connectivity index (χ0v) is 19.8. The first-order valence-electron chi connectivity index (χ1n) is 10.7. The van der Waals surface area contributed by atoms with Crippen molar-refractivity contribution in [2.75, 3.05) is 13.2 Å². The maximum absolute atomic E-state index is 13.0. The number of benzene rings is 2. The van der Waals surface area contributed by atoms with Crippen LogP contribution >= 0.6 is 11.8 Å². The van der Waals surface area contributed by atoms with E-state index in [2.05, 4.69) is 24.9 Å². The number of carboxylic acids is 1. The summed E-state index contributed by atoms with van der Waals surface area (Å²) in [5.74, 6) is 0.105. The highest BCUT2D eigenvalue weighted by Gasteiger charge is 2.32. The monoisotopic (exact) mass is 452 g/mol. The molecule has 0 saturated carbocycles. The van der Waals surface area contributed by atoms with E-state index < -0.39 is 5.97 Å². The zero-order chi connectivity index (χ0) is 23.4. The lowest BCUT2D eigenvalue weighted by atomic mass is 9.96. The van der Waals surface area contributed by atoms with Crippen molar-refractivity contribution >= 4 is 40.6 Å². The van der Waals surface area contributed by atoms with Crippen molar-refractivity contribution in [1.82, 2.24) is 4.90 Å². The summed E-state index contributed by atoms with van der Waals surface area (Å²) in [6.45, 7) is 11.2. The molecule has 1 heterocycles. The molecule has 0 radical (unpaired) electrons. The van der Waals surface area contributed by atoms with Crippen LogP contribution in [0, 0.1) is 6.92 Å². The number of carbonyl (C=O) groups excluding carboxylic acids is 1. The summed E-state index contributed by atoms with van der Waals surface area (Å²) in [7, 11) is 0. The van der Waals surface area contributed by atoms with E-state index in [1.807, 2.05) is 32.9 Å². The molecule has 1 fully saturated rings. The molecule has 2 aromatic rings. The van der Waals surface area contributed by atoms with E-state index in [1.54, 1.807) is 17.0 Å². The Balaban J connectivity index is 1.96. The van der Waals surface area contributed by atoms with Gasteiger partial charge in [0.2, 0.25) is 0 Å². The van der Waals surface area contributed by atoms with Gasteiger partial charge >= 0.3 is 5.97 Å². The Labute approximate surface area is 193 Å². The molecule has 168 valence electrons. The third-order valence-corrected chi connectivity index (χ3v) is 6.16. The molecule has 3 rings (SSSR count). The summed E-state index contributed by atoms with van der Waals surface area (Å²) in [5.41, 5.74) is 3.93. The third-order valence-electron chi connectivity index (χ3n) is 5.15. The largest absolute Gasteiger partial charge is 0.494 e. The Morgan fingerprint density at radius 2 is 1.91 bits per heavy atom. The average molecular weight is 453 g/mol. The van der Waals surface area contributed by atoms with Crippen molar-refractivity contribution in [2.24, 2.45) is 4.99 Å². The number of carboxylic acid groups (broad SMARTS) is 1. The number of nitrogens with zero attached hydrogens (tertiary/aromatic N) is 2. The molecule has 1 saturated heterocycles. The summed E-state index contributed by atoms with van der Waals surface area (Å²) in [4.78, 5) is 30.9. The number of aliphatic imine (C=N–C) groups is 1. The Morgan fingerprint density at radius 3 is 2.47 bits per heavy atom. The van der Waals surface area contributed by atoms with Gasteiger partial charge in [-0.2, -0.15) is 0 Å². The predicted molar refractivity (Wildman–Crippen MR) is 130 cm³/mol. The molecule has 0 aromatic heterocycles. The highest BCUT2D eigenvalue weighted by Crippen LogP contribution is 2.36. The Morgan fingerprint density at radius 1 is 1.22 bits per heavy atom. The van der Waals surface area contributed by atoms with E-state index in [0.29, 0.717) is 34.8 Å². The number of hydrogen-bond donors (Lipinski definition) is 1. The molecule has 1 aliphatic rings. The lowest BCUT2D eigenvalue weighted by Gasteiger charge is -2.16. The van der Waals surface area contributed by atoms with E-state index in [1.165, 1.54) is 23.9 Å². The molecule has 7 heteroatoms. The van der Waals surface area contributed by atoms with Crippen molar-refractivity contribution in [3.05, 3.63) is 63.6 Å². The van der Waals surface area contributed by atoms with Gasteiger partial charge in [0.25, 0.3) is 5.91 Å². The fraction of sp³-hybridized carbons (Fsp3) is 0.320. The molecule has 1 amide bonds. The highest BCUT2D eigenvalue weighted by atomic mass is 32.2. The fourth-order valence-electron chi connectivity index (χ4n) is 3.40. The molecule has 0 bridgehead atoms. The molecule has 2 aromatic carbocycles. The maximum Gasteiger partial charge on any atom is 0.335 e. The molecule has 6 nitrogen and oxygen atoms in total. The van der Waals surface area contributed by atoms with Gasteiger partial charge in [-0.1, -0.05) is 13.8 Å². The van der Waals surface area contributed by atoms with Crippen LogP contribution in [0.5, 0.6) is 5.75 Å². The molecule has 0 unspecified atom stereocenters. The van der Waals surface area contributed by atoms with Crippen LogP contribution in [0.2, 0.25) is 0 Å². The summed E-state index contributed by atoms with van der Waals surface area (Å²) in [6, 6.07) is 10.4. The van der Waals surface area contributed by atoms with Gasteiger partial charge in [-0.05, 0) is 97.6 Å². The minimum atomic E-state index is -0.985. The lowest BCUT2D eigenvalue weighted by molar-refractivity contribution is -0.122. The minimum absolute atomic E-state index is 0.0854. The third kappa shape index (κ3) is 5.05. The summed E-state index contributed by atoms with van der Waals surface area (Å²) >= 11 is 1.33. The highest BCUT2D eigenvalue weighted by molar-refractivity contribution is 8.18. The minimum Gasteiger partial charge on any atom is -0.494 e. The van der Waals surface area contributed by atoms with Gasteiger partial charge in [-0.3, -0.25) is 9.69 Å². The van der Waals surface area contributed by atoms with Crippen LogP contribution in [0.3, 0.4) is 0 Å². The van der Waals surface area contributed by atoms with E-state index in [4.69, 9.17) is 9.84 Å². The first-order valence-corrected chi connectivity index (χ1v) is 11.5. The maximum atomic E-state index is 13.0. The van der Waals surface area contributed by atoms with Gasteiger partial charge in [0.05, 0.1) is 22.8 Å². The predicted octanol–water partition coefficient (Wildman–Crippen LogP) is 5.84. The molecular weight excluding hydrogens is 424 g/mol. The van der Waals surface area contributed by atoms with Crippen molar-refractivity contribution in [2.45, 2.75) is 40.5 Å². The number of aromatic carboxylic acids is 1. The average Bonchev–Trinajstić information content (AvgIpc) is 3.04. The van der Waals surface area contributed by atoms with Gasteiger partial charge in [-0.25, -0.2) is 9.79 Å². The van der Waals surface area contributed by atoms with Crippen molar-refractivity contribution in [3.63, 3.8) is 0 Å². The van der Waals surface area contributed by atoms with E-state index in [0.717, 1.165) is 22.4 Å². The van der Waals surface area contributed by atoms with Crippen LogP contribution < -0.4 is 4.74 Å². The number of rotatable bonds is 7. The van der Waals surface area contributed by atoms with Gasteiger partial charge in [0.15, 0.2) is 5.17 Å². The summed E-state index contributed by atoms with van der Waals surface area (Å²) in [6.07, 6.45) is 1.92. The fourth-order valence-corrected chi connectivity index (χ4v) is 4.46. The van der Waals surface area contributed by atoms with Crippen LogP contribution in [0.1, 0.15) is 60.7 Å². The Bertz CT molecular complexity index is 1090. The van der Waals surface area contributed by atoms with Crippen molar-refractivity contribution in [3.8, 4) is 5.75 Å². The second-order valence-corrected chi connectivity index (χ2v) is 8.75. The normalized spacial score (nSPS) is 16.4. The number of amidine groups is 1. The molecule has 1 N–H and O–H groups in total. The van der Waals surface area contributed by atoms with E-state index in [-0.39, 0.29) is 11.5 Å². The summed E-state index contributed by atoms with van der Waals surface area (Å²) in [5, 5.41) is 9.65. The van der Waals surface area contributed by atoms with Crippen LogP contribution in [-0.4, -0.2) is 40.2 Å². The second kappa shape index (κ2) is 10.0. The second-order valence-electron chi connectivity index (χ2n) is 7.74. The quantitative estimate of drug-likeness (QED) is 0.534. The molecule has 0 spiro atoms. The zero-order valence-electron chi connectivity index (χ0n) is 19.0. The smallest absolute Gasteiger partial charge is 0.335 e. The number of hydrogen-bond acceptors (Lipinski definition) is 5. The van der Waals surface area contributed by atoms with Crippen LogP contribution in [0.15, 0.2) is 46.3 Å². The van der Waals surface area contributed by atoms with Gasteiger partial charge in [-0.15, -0.1) is 0 Å². The summed E-state index contributed by atoms with van der Waals surface area (Å²) < 4.78 is 5.81. The first kappa shape index (κ1) is 23.6. The van der Waals surface area contributed by atoms with Gasteiger partial charge < -0.3 is 9.84 Å². The lowest BCUT2D eigenvalue weighted by Crippen LogP contribution is -2.28. The Kier molecular flexibility index (Phi) is 7.40. The van der Waals surface area contributed by atoms with Crippen LogP contribution in [-0.2, 0) is 4.79 Å². The number of aryl methyl sites for hydroxylation is 1. The molecule has 1 aliphatic heterocycles. The number of amides is 1. The number of thioether (sulfide) groups is 1. The topological polar surface area (TPSA) is 79.2 Å². The number of carbonyl (C=O) groups is 2.